The number of thiazole rings is 1. The number of amides is 1. The number of aryl methyl sites for hydroxylation is 1. The molecule has 24 heavy (non-hydrogen) atoms. The van der Waals surface area contributed by atoms with Gasteiger partial charge < -0.3 is 14.6 Å². The average Bonchev–Trinajstić information content (AvgIpc) is 3.17. The molecule has 0 aliphatic heterocycles. The van der Waals surface area contributed by atoms with Gasteiger partial charge in [-0.1, -0.05) is 24.7 Å². The van der Waals surface area contributed by atoms with Crippen LogP contribution in [-0.2, 0) is 9.53 Å². The smallest absolute Gasteiger partial charge is 0.350 e. The van der Waals surface area contributed by atoms with Gasteiger partial charge in [0.2, 0.25) is 5.91 Å². The number of aromatic nitrogens is 3. The van der Waals surface area contributed by atoms with E-state index >= 15 is 0 Å². The highest BCUT2D eigenvalue weighted by Gasteiger charge is 2.19. The second kappa shape index (κ2) is 8.58. The number of ether oxygens (including phenoxy) is 1. The van der Waals surface area contributed by atoms with Crippen molar-refractivity contribution in [3.05, 3.63) is 29.3 Å². The van der Waals surface area contributed by atoms with Crippen molar-refractivity contribution in [1.82, 2.24) is 14.5 Å². The van der Waals surface area contributed by atoms with Gasteiger partial charge in [0.05, 0.1) is 18.6 Å². The Balaban J connectivity index is 2.01. The molecule has 0 radical (unpaired) electrons. The van der Waals surface area contributed by atoms with Gasteiger partial charge >= 0.3 is 5.97 Å². The van der Waals surface area contributed by atoms with E-state index in [1.807, 2.05) is 10.8 Å². The van der Waals surface area contributed by atoms with Gasteiger partial charge in [-0.25, -0.2) is 14.8 Å². The number of hydrogen-bond donors (Lipinski definition) is 1. The third-order valence-electron chi connectivity index (χ3n) is 3.49. The van der Waals surface area contributed by atoms with Crippen molar-refractivity contribution >= 4 is 28.3 Å². The summed E-state index contributed by atoms with van der Waals surface area (Å²) in [5.41, 5.74) is 0.563. The summed E-state index contributed by atoms with van der Waals surface area (Å²) in [5, 5.41) is 3.20. The van der Waals surface area contributed by atoms with Gasteiger partial charge in [-0.05, 0) is 20.3 Å². The average molecular weight is 350 g/mol. The maximum Gasteiger partial charge on any atom is 0.350 e. The zero-order valence-corrected chi connectivity index (χ0v) is 14.9. The molecule has 2 rings (SSSR count). The van der Waals surface area contributed by atoms with Crippen molar-refractivity contribution in [1.29, 1.82) is 0 Å². The Morgan fingerprint density at radius 3 is 2.83 bits per heavy atom. The highest BCUT2D eigenvalue weighted by molar-refractivity contribution is 7.17. The first-order valence-corrected chi connectivity index (χ1v) is 8.78. The lowest BCUT2D eigenvalue weighted by Crippen LogP contribution is -2.18. The molecule has 0 spiro atoms. The molecule has 7 nitrogen and oxygen atoms in total. The minimum Gasteiger partial charge on any atom is -0.462 e. The van der Waals surface area contributed by atoms with Crippen molar-refractivity contribution in [2.45, 2.75) is 46.1 Å². The van der Waals surface area contributed by atoms with E-state index in [0.717, 1.165) is 24.2 Å². The van der Waals surface area contributed by atoms with Crippen LogP contribution in [0.15, 0.2) is 18.7 Å². The van der Waals surface area contributed by atoms with E-state index in [1.54, 1.807) is 26.4 Å². The third-order valence-corrected chi connectivity index (χ3v) is 4.55. The molecule has 0 bridgehead atoms. The van der Waals surface area contributed by atoms with Crippen LogP contribution in [0.3, 0.4) is 0 Å². The molecule has 1 amide bonds. The van der Waals surface area contributed by atoms with Gasteiger partial charge in [-0.3, -0.25) is 4.79 Å². The summed E-state index contributed by atoms with van der Waals surface area (Å²) in [6, 6.07) is 0.0584. The number of esters is 1. The van der Waals surface area contributed by atoms with Gasteiger partial charge in [-0.15, -0.1) is 0 Å². The van der Waals surface area contributed by atoms with Crippen LogP contribution in [0.25, 0.3) is 0 Å². The van der Waals surface area contributed by atoms with E-state index in [2.05, 4.69) is 22.2 Å². The molecular weight excluding hydrogens is 328 g/mol. The molecule has 1 N–H and O–H groups in total. The van der Waals surface area contributed by atoms with E-state index in [4.69, 9.17) is 4.74 Å². The Bertz CT molecular complexity index is 682. The van der Waals surface area contributed by atoms with Crippen molar-refractivity contribution in [2.75, 3.05) is 11.9 Å². The number of rotatable bonds is 8. The molecule has 0 fully saturated rings. The van der Waals surface area contributed by atoms with Crippen molar-refractivity contribution in [3.8, 4) is 0 Å². The van der Waals surface area contributed by atoms with Gasteiger partial charge in [-0.2, -0.15) is 0 Å². The fourth-order valence-electron chi connectivity index (χ4n) is 2.40. The van der Waals surface area contributed by atoms with E-state index in [1.165, 1.54) is 0 Å². The maximum absolute atomic E-state index is 12.3. The van der Waals surface area contributed by atoms with Gasteiger partial charge in [0, 0.05) is 24.9 Å². The molecule has 1 unspecified atom stereocenters. The molecule has 0 aromatic carbocycles. The highest BCUT2D eigenvalue weighted by atomic mass is 32.1. The van der Waals surface area contributed by atoms with Crippen molar-refractivity contribution < 1.29 is 14.3 Å². The highest BCUT2D eigenvalue weighted by Crippen LogP contribution is 2.25. The molecule has 8 heteroatoms. The largest absolute Gasteiger partial charge is 0.462 e. The monoisotopic (exact) mass is 350 g/mol. The Hall–Kier alpha value is -2.22. The lowest BCUT2D eigenvalue weighted by atomic mass is 10.1. The van der Waals surface area contributed by atoms with E-state index in [0.29, 0.717) is 28.7 Å². The van der Waals surface area contributed by atoms with Crippen molar-refractivity contribution in [3.63, 3.8) is 0 Å². The fraction of sp³-hybridized carbons (Fsp3) is 0.500. The number of nitrogens with one attached hydrogen (secondary N) is 1. The standard InChI is InChI=1S/C16H22N4O3S/c1-4-6-12(20-8-7-17-10-20)9-13(21)19-16-18-11(3)14(24-16)15(22)23-5-2/h7-8,10,12H,4-6,9H2,1-3H3,(H,18,19,21). The fourth-order valence-corrected chi connectivity index (χ4v) is 3.27. The minimum absolute atomic E-state index is 0.0584. The van der Waals surface area contributed by atoms with Crippen LogP contribution in [-0.4, -0.2) is 33.0 Å². The normalized spacial score (nSPS) is 12.0. The van der Waals surface area contributed by atoms with Gasteiger partial charge in [0.1, 0.15) is 4.88 Å². The van der Waals surface area contributed by atoms with Crippen LogP contribution in [0.1, 0.15) is 54.5 Å². The summed E-state index contributed by atoms with van der Waals surface area (Å²) < 4.78 is 6.93. The molecule has 0 aliphatic carbocycles. The van der Waals surface area contributed by atoms with Crippen LogP contribution in [0, 0.1) is 6.92 Å². The Morgan fingerprint density at radius 1 is 1.42 bits per heavy atom. The summed E-state index contributed by atoms with van der Waals surface area (Å²) in [4.78, 5) is 32.8. The topological polar surface area (TPSA) is 86.1 Å². The minimum atomic E-state index is -0.407. The van der Waals surface area contributed by atoms with E-state index in [-0.39, 0.29) is 11.9 Å². The van der Waals surface area contributed by atoms with Gasteiger partial charge in [0.15, 0.2) is 5.13 Å². The zero-order valence-electron chi connectivity index (χ0n) is 14.1. The SMILES string of the molecule is CCCC(CC(=O)Nc1nc(C)c(C(=O)OCC)s1)n1ccnc1. The Kier molecular flexibility index (Phi) is 6.48. The summed E-state index contributed by atoms with van der Waals surface area (Å²) >= 11 is 1.14. The summed E-state index contributed by atoms with van der Waals surface area (Å²) in [5.74, 6) is -0.540. The lowest BCUT2D eigenvalue weighted by Gasteiger charge is -2.16. The quantitative estimate of drug-likeness (QED) is 0.739. The van der Waals surface area contributed by atoms with E-state index < -0.39 is 5.97 Å². The van der Waals surface area contributed by atoms with Crippen LogP contribution in [0.2, 0.25) is 0 Å². The molecular formula is C16H22N4O3S. The van der Waals surface area contributed by atoms with Crippen LogP contribution < -0.4 is 5.32 Å². The summed E-state index contributed by atoms with van der Waals surface area (Å²) in [7, 11) is 0. The third kappa shape index (κ3) is 4.64. The number of carbonyl (C=O) groups is 2. The molecule has 0 aliphatic rings. The molecule has 2 aromatic rings. The number of imidazole rings is 1. The summed E-state index contributed by atoms with van der Waals surface area (Å²) in [6.07, 6.45) is 7.47. The van der Waals surface area contributed by atoms with Gasteiger partial charge in [0.25, 0.3) is 0 Å². The molecule has 2 heterocycles. The molecule has 1 atom stereocenters. The van der Waals surface area contributed by atoms with E-state index in [9.17, 15) is 9.59 Å². The zero-order chi connectivity index (χ0) is 17.5. The second-order valence-electron chi connectivity index (χ2n) is 5.36. The van der Waals surface area contributed by atoms with Crippen LogP contribution >= 0.6 is 11.3 Å². The first kappa shape index (κ1) is 18.1. The molecule has 130 valence electrons. The number of anilines is 1. The number of nitrogens with zero attached hydrogens (tertiary/aromatic N) is 3. The number of hydrogen-bond acceptors (Lipinski definition) is 6. The maximum atomic E-state index is 12.3. The summed E-state index contributed by atoms with van der Waals surface area (Å²) in [6.45, 7) is 5.86. The van der Waals surface area contributed by atoms with Crippen molar-refractivity contribution in [2.24, 2.45) is 0 Å². The predicted octanol–water partition coefficient (Wildman–Crippen LogP) is 3.19. The number of carbonyl (C=O) groups excluding carboxylic acids is 2. The predicted molar refractivity (Wildman–Crippen MR) is 92.2 cm³/mol. The molecule has 2 aromatic heterocycles. The second-order valence-corrected chi connectivity index (χ2v) is 6.36. The van der Waals surface area contributed by atoms with Crippen LogP contribution in [0.5, 0.6) is 0 Å². The molecule has 0 saturated carbocycles. The first-order valence-electron chi connectivity index (χ1n) is 7.97. The molecule has 0 saturated heterocycles. The Labute approximate surface area is 145 Å². The first-order chi connectivity index (χ1) is 11.5. The lowest BCUT2D eigenvalue weighted by molar-refractivity contribution is -0.117. The Morgan fingerprint density at radius 2 is 2.21 bits per heavy atom. The van der Waals surface area contributed by atoms with Crippen LogP contribution in [0.4, 0.5) is 5.13 Å².